The molecular formula is C4H10FN. The van der Waals surface area contributed by atoms with Crippen LogP contribution >= 0.6 is 0 Å². The van der Waals surface area contributed by atoms with Crippen molar-refractivity contribution < 1.29 is 4.39 Å². The Balaban J connectivity index is 2.99. The maximum Gasteiger partial charge on any atom is 0.112 e. The van der Waals surface area contributed by atoms with Gasteiger partial charge in [-0.3, -0.25) is 0 Å². The minimum Gasteiger partial charge on any atom is -0.325 e. The highest BCUT2D eigenvalue weighted by molar-refractivity contribution is 4.58. The van der Waals surface area contributed by atoms with Crippen molar-refractivity contribution in [3.05, 3.63) is 0 Å². The summed E-state index contributed by atoms with van der Waals surface area (Å²) in [5.74, 6) is 0. The largest absolute Gasteiger partial charge is 0.325 e. The van der Waals surface area contributed by atoms with Gasteiger partial charge in [-0.25, -0.2) is 4.39 Å². The molecule has 0 bridgehead atoms. The Kier molecular flexibility index (Phi) is 2.09. The van der Waals surface area contributed by atoms with Gasteiger partial charge in [-0.15, -0.1) is 0 Å². The van der Waals surface area contributed by atoms with Crippen molar-refractivity contribution in [2.45, 2.75) is 26.1 Å². The molecule has 6 heavy (non-hydrogen) atoms. The van der Waals surface area contributed by atoms with E-state index in [1.165, 1.54) is 6.92 Å². The molecule has 0 radical (unpaired) electrons. The van der Waals surface area contributed by atoms with Crippen molar-refractivity contribution in [2.24, 2.45) is 5.73 Å². The molecule has 2 heteroatoms. The summed E-state index contributed by atoms with van der Waals surface area (Å²) in [5.41, 5.74) is 5.06. The molecule has 0 saturated carbocycles. The van der Waals surface area contributed by atoms with E-state index in [1.807, 2.05) is 0 Å². The lowest BCUT2D eigenvalue weighted by atomic mass is 10.3. The fourth-order valence-corrected chi connectivity index (χ4v) is 0. The van der Waals surface area contributed by atoms with Crippen LogP contribution in [0, 0.1) is 0 Å². The van der Waals surface area contributed by atoms with Gasteiger partial charge in [0.05, 0.1) is 0 Å². The Bertz CT molecular complexity index is 28.5. The van der Waals surface area contributed by atoms with Crippen LogP contribution in [0.1, 0.15) is 13.8 Å². The minimum atomic E-state index is -0.870. The lowest BCUT2D eigenvalue weighted by molar-refractivity contribution is 0.318. The predicted octanol–water partition coefficient (Wildman–Crippen LogP) is 0.692. The first kappa shape index (κ1) is 5.89. The maximum atomic E-state index is 11.7. The highest BCUT2D eigenvalue weighted by Gasteiger charge is 2.00. The van der Waals surface area contributed by atoms with Crippen LogP contribution in [-0.4, -0.2) is 12.2 Å². The van der Waals surface area contributed by atoms with E-state index in [1.54, 1.807) is 6.92 Å². The van der Waals surface area contributed by atoms with Gasteiger partial charge in [0.2, 0.25) is 0 Å². The van der Waals surface area contributed by atoms with E-state index < -0.39 is 6.17 Å². The van der Waals surface area contributed by atoms with E-state index in [9.17, 15) is 4.39 Å². The van der Waals surface area contributed by atoms with Crippen LogP contribution in [0.5, 0.6) is 0 Å². The molecule has 0 aromatic rings. The van der Waals surface area contributed by atoms with Gasteiger partial charge >= 0.3 is 0 Å². The van der Waals surface area contributed by atoms with E-state index in [0.29, 0.717) is 0 Å². The average Bonchev–Trinajstić information content (AvgIpc) is 1.36. The number of hydrogen-bond acceptors (Lipinski definition) is 1. The first-order chi connectivity index (χ1) is 2.64. The molecule has 38 valence electrons. The third-order valence-electron chi connectivity index (χ3n) is 0.725. The van der Waals surface area contributed by atoms with E-state index in [4.69, 9.17) is 5.73 Å². The van der Waals surface area contributed by atoms with Crippen LogP contribution in [0.4, 0.5) is 4.39 Å². The zero-order valence-electron chi connectivity index (χ0n) is 4.11. The van der Waals surface area contributed by atoms with Crippen molar-refractivity contribution in [2.75, 3.05) is 0 Å². The molecule has 0 amide bonds. The maximum absolute atomic E-state index is 11.7. The fraction of sp³-hybridized carbons (Fsp3) is 1.00. The monoisotopic (exact) mass is 91.1 g/mol. The van der Waals surface area contributed by atoms with Gasteiger partial charge in [0.15, 0.2) is 0 Å². The average molecular weight is 91.1 g/mol. The summed E-state index contributed by atoms with van der Waals surface area (Å²) in [5, 5.41) is 0. The SMILES string of the molecule is C[C@H](N)[C@@H](C)F. The van der Waals surface area contributed by atoms with E-state index in [2.05, 4.69) is 0 Å². The van der Waals surface area contributed by atoms with E-state index in [0.717, 1.165) is 0 Å². The van der Waals surface area contributed by atoms with Crippen LogP contribution < -0.4 is 5.73 Å². The second-order valence-corrected chi connectivity index (χ2v) is 1.54. The first-order valence-corrected chi connectivity index (χ1v) is 2.04. The molecule has 0 rings (SSSR count). The Hall–Kier alpha value is -0.110. The van der Waals surface area contributed by atoms with E-state index >= 15 is 0 Å². The Morgan fingerprint density at radius 1 is 1.50 bits per heavy atom. The molecule has 1 nitrogen and oxygen atoms in total. The molecule has 0 aromatic carbocycles. The van der Waals surface area contributed by atoms with Crippen molar-refractivity contribution in [1.29, 1.82) is 0 Å². The summed E-state index contributed by atoms with van der Waals surface area (Å²) in [7, 11) is 0. The topological polar surface area (TPSA) is 26.0 Å². The molecule has 2 atom stereocenters. The number of halogens is 1. The van der Waals surface area contributed by atoms with Gasteiger partial charge in [-0.2, -0.15) is 0 Å². The van der Waals surface area contributed by atoms with Crippen molar-refractivity contribution in [3.8, 4) is 0 Å². The summed E-state index contributed by atoms with van der Waals surface area (Å²) < 4.78 is 11.7. The van der Waals surface area contributed by atoms with Crippen molar-refractivity contribution in [3.63, 3.8) is 0 Å². The summed E-state index contributed by atoms with van der Waals surface area (Å²) >= 11 is 0. The second-order valence-electron chi connectivity index (χ2n) is 1.54. The normalized spacial score (nSPS) is 20.0. The van der Waals surface area contributed by atoms with Gasteiger partial charge in [0.1, 0.15) is 6.17 Å². The quantitative estimate of drug-likeness (QED) is 0.505. The zero-order chi connectivity index (χ0) is 5.15. The van der Waals surface area contributed by atoms with Gasteiger partial charge in [-0.05, 0) is 13.8 Å². The summed E-state index contributed by atoms with van der Waals surface area (Å²) in [6, 6.07) is -0.315. The third-order valence-corrected chi connectivity index (χ3v) is 0.725. The van der Waals surface area contributed by atoms with Crippen LogP contribution in [-0.2, 0) is 0 Å². The zero-order valence-corrected chi connectivity index (χ0v) is 4.11. The number of rotatable bonds is 1. The Morgan fingerprint density at radius 3 is 1.67 bits per heavy atom. The van der Waals surface area contributed by atoms with Crippen LogP contribution in [0.15, 0.2) is 0 Å². The fourth-order valence-electron chi connectivity index (χ4n) is 0. The van der Waals surface area contributed by atoms with Crippen LogP contribution in [0.25, 0.3) is 0 Å². The third kappa shape index (κ3) is 2.15. The first-order valence-electron chi connectivity index (χ1n) is 2.04. The Morgan fingerprint density at radius 2 is 1.67 bits per heavy atom. The molecule has 0 heterocycles. The van der Waals surface area contributed by atoms with Crippen LogP contribution in [0.3, 0.4) is 0 Å². The van der Waals surface area contributed by atoms with Gasteiger partial charge in [0, 0.05) is 6.04 Å². The number of hydrogen-bond donors (Lipinski definition) is 1. The molecule has 0 fully saturated rings. The standard InChI is InChI=1S/C4H10FN/c1-3(5)4(2)6/h3-4H,6H2,1-2H3/t3-,4+/m1/s1. The van der Waals surface area contributed by atoms with Crippen molar-refractivity contribution in [1.82, 2.24) is 0 Å². The predicted molar refractivity (Wildman–Crippen MR) is 24.2 cm³/mol. The minimum absolute atomic E-state index is 0.315. The van der Waals surface area contributed by atoms with Gasteiger partial charge in [0.25, 0.3) is 0 Å². The highest BCUT2D eigenvalue weighted by atomic mass is 19.1. The second kappa shape index (κ2) is 2.13. The molecule has 0 spiro atoms. The van der Waals surface area contributed by atoms with Gasteiger partial charge in [-0.1, -0.05) is 0 Å². The molecule has 0 unspecified atom stereocenters. The Labute approximate surface area is 37.3 Å². The molecule has 0 aliphatic rings. The molecule has 2 N–H and O–H groups in total. The van der Waals surface area contributed by atoms with Crippen LogP contribution in [0.2, 0.25) is 0 Å². The molecule has 0 aliphatic carbocycles. The lowest BCUT2D eigenvalue weighted by Crippen LogP contribution is -2.24. The smallest absolute Gasteiger partial charge is 0.112 e. The highest BCUT2D eigenvalue weighted by Crippen LogP contribution is 1.89. The van der Waals surface area contributed by atoms with Crippen molar-refractivity contribution >= 4 is 0 Å². The molecule has 0 saturated heterocycles. The lowest BCUT2D eigenvalue weighted by Gasteiger charge is -2.01. The summed E-state index contributed by atoms with van der Waals surface area (Å²) in [6.07, 6.45) is -0.870. The number of alkyl halides is 1. The summed E-state index contributed by atoms with van der Waals surface area (Å²) in [4.78, 5) is 0. The summed E-state index contributed by atoms with van der Waals surface area (Å²) in [6.45, 7) is 3.09. The molecule has 0 aliphatic heterocycles. The van der Waals surface area contributed by atoms with Gasteiger partial charge < -0.3 is 5.73 Å². The number of nitrogens with two attached hydrogens (primary N) is 1. The van der Waals surface area contributed by atoms with E-state index in [-0.39, 0.29) is 6.04 Å². The molecule has 0 aromatic heterocycles. The molecular weight excluding hydrogens is 81.0 g/mol.